The van der Waals surface area contributed by atoms with Gasteiger partial charge in [-0.05, 0) is 40.5 Å². The zero-order valence-electron chi connectivity index (χ0n) is 11.5. The highest BCUT2D eigenvalue weighted by Crippen LogP contribution is 2.28. The number of fused-ring (bicyclic) bond motifs is 1. The summed E-state index contributed by atoms with van der Waals surface area (Å²) >= 11 is 5.91. The van der Waals surface area contributed by atoms with Gasteiger partial charge in [0.25, 0.3) is 0 Å². The summed E-state index contributed by atoms with van der Waals surface area (Å²) in [6.07, 6.45) is 0.696. The number of nitriles is 1. The van der Waals surface area contributed by atoms with Crippen LogP contribution in [0.15, 0.2) is 66.7 Å². The Morgan fingerprint density at radius 1 is 0.905 bits per heavy atom. The average Bonchev–Trinajstić information content (AvgIpc) is 2.54. The Hall–Kier alpha value is -2.30. The van der Waals surface area contributed by atoms with Gasteiger partial charge in [-0.25, -0.2) is 0 Å². The third-order valence-corrected chi connectivity index (χ3v) is 3.96. The number of nitrogens with zero attached hydrogens (tertiary/aromatic N) is 1. The average molecular weight is 292 g/mol. The molecule has 102 valence electrons. The van der Waals surface area contributed by atoms with Crippen LogP contribution in [0, 0.1) is 11.3 Å². The van der Waals surface area contributed by atoms with Crippen molar-refractivity contribution in [3.05, 3.63) is 82.9 Å². The van der Waals surface area contributed by atoms with Crippen LogP contribution in [0.5, 0.6) is 0 Å². The van der Waals surface area contributed by atoms with Gasteiger partial charge in [-0.2, -0.15) is 5.26 Å². The maximum atomic E-state index is 9.58. The Morgan fingerprint density at radius 2 is 1.62 bits per heavy atom. The summed E-state index contributed by atoms with van der Waals surface area (Å²) in [7, 11) is 0. The minimum atomic E-state index is -0.155. The minimum Gasteiger partial charge on any atom is -0.198 e. The number of rotatable bonds is 3. The van der Waals surface area contributed by atoms with Crippen molar-refractivity contribution in [2.75, 3.05) is 0 Å². The summed E-state index contributed by atoms with van der Waals surface area (Å²) in [6.45, 7) is 0. The molecular weight excluding hydrogens is 278 g/mol. The summed E-state index contributed by atoms with van der Waals surface area (Å²) < 4.78 is 0. The van der Waals surface area contributed by atoms with Crippen LogP contribution in [0.3, 0.4) is 0 Å². The number of benzene rings is 3. The molecule has 0 saturated heterocycles. The smallest absolute Gasteiger partial charge is 0.0759 e. The van der Waals surface area contributed by atoms with E-state index >= 15 is 0 Å². The Kier molecular flexibility index (Phi) is 3.90. The fraction of sp³-hybridized carbons (Fsp3) is 0.105. The van der Waals surface area contributed by atoms with E-state index in [0.717, 1.165) is 21.5 Å². The zero-order chi connectivity index (χ0) is 14.7. The molecule has 0 spiro atoms. The summed E-state index contributed by atoms with van der Waals surface area (Å²) in [5.74, 6) is -0.155. The molecule has 1 unspecified atom stereocenters. The van der Waals surface area contributed by atoms with Gasteiger partial charge >= 0.3 is 0 Å². The van der Waals surface area contributed by atoms with E-state index in [1.165, 1.54) is 5.39 Å². The van der Waals surface area contributed by atoms with Crippen LogP contribution in [-0.4, -0.2) is 0 Å². The van der Waals surface area contributed by atoms with Crippen molar-refractivity contribution in [2.45, 2.75) is 12.3 Å². The lowest BCUT2D eigenvalue weighted by Gasteiger charge is -2.13. The topological polar surface area (TPSA) is 23.8 Å². The molecule has 0 aromatic heterocycles. The van der Waals surface area contributed by atoms with Gasteiger partial charge in [0.15, 0.2) is 0 Å². The van der Waals surface area contributed by atoms with Crippen LogP contribution in [0.2, 0.25) is 5.02 Å². The van der Waals surface area contributed by atoms with Crippen molar-refractivity contribution in [3.8, 4) is 6.07 Å². The summed E-state index contributed by atoms with van der Waals surface area (Å²) in [6, 6.07) is 24.5. The SMILES string of the molecule is N#CC(Cc1ccc(Cl)cc1)c1cccc2ccccc12. The molecule has 0 aliphatic heterocycles. The summed E-state index contributed by atoms with van der Waals surface area (Å²) in [5.41, 5.74) is 2.21. The van der Waals surface area contributed by atoms with Gasteiger partial charge in [-0.15, -0.1) is 0 Å². The maximum Gasteiger partial charge on any atom is 0.0759 e. The summed E-state index contributed by atoms with van der Waals surface area (Å²) in [4.78, 5) is 0. The third-order valence-electron chi connectivity index (χ3n) is 3.71. The lowest BCUT2D eigenvalue weighted by Crippen LogP contribution is -2.01. The fourth-order valence-electron chi connectivity index (χ4n) is 2.64. The Labute approximate surface area is 129 Å². The van der Waals surface area contributed by atoms with Crippen molar-refractivity contribution in [3.63, 3.8) is 0 Å². The highest BCUT2D eigenvalue weighted by Gasteiger charge is 2.14. The van der Waals surface area contributed by atoms with Crippen LogP contribution >= 0.6 is 11.6 Å². The predicted octanol–water partition coefficient (Wildman–Crippen LogP) is 5.34. The molecule has 0 fully saturated rings. The van der Waals surface area contributed by atoms with E-state index in [1.54, 1.807) is 0 Å². The highest BCUT2D eigenvalue weighted by molar-refractivity contribution is 6.30. The monoisotopic (exact) mass is 291 g/mol. The molecule has 1 nitrogen and oxygen atoms in total. The molecule has 0 N–H and O–H groups in total. The van der Waals surface area contributed by atoms with E-state index in [1.807, 2.05) is 48.5 Å². The Balaban J connectivity index is 1.99. The quantitative estimate of drug-likeness (QED) is 0.638. The molecule has 3 aromatic carbocycles. The minimum absolute atomic E-state index is 0.155. The van der Waals surface area contributed by atoms with E-state index in [2.05, 4.69) is 24.3 Å². The van der Waals surface area contributed by atoms with E-state index in [-0.39, 0.29) is 5.92 Å². The van der Waals surface area contributed by atoms with Crippen LogP contribution < -0.4 is 0 Å². The number of halogens is 1. The predicted molar refractivity (Wildman–Crippen MR) is 87.5 cm³/mol. The van der Waals surface area contributed by atoms with Crippen molar-refractivity contribution < 1.29 is 0 Å². The van der Waals surface area contributed by atoms with Gasteiger partial charge < -0.3 is 0 Å². The molecule has 1 atom stereocenters. The van der Waals surface area contributed by atoms with Crippen LogP contribution in [-0.2, 0) is 6.42 Å². The summed E-state index contributed by atoms with van der Waals surface area (Å²) in [5, 5.41) is 12.6. The third kappa shape index (κ3) is 2.91. The van der Waals surface area contributed by atoms with Crippen molar-refractivity contribution in [1.29, 1.82) is 5.26 Å². The fourth-order valence-corrected chi connectivity index (χ4v) is 2.76. The first-order chi connectivity index (χ1) is 10.3. The molecule has 3 aromatic rings. The standard InChI is InChI=1S/C19H14ClN/c20-17-10-8-14(9-11-17)12-16(13-21)19-7-3-5-15-4-1-2-6-18(15)19/h1-11,16H,12H2. The first-order valence-electron chi connectivity index (χ1n) is 6.89. The van der Waals surface area contributed by atoms with Gasteiger partial charge in [0.1, 0.15) is 0 Å². The van der Waals surface area contributed by atoms with E-state index < -0.39 is 0 Å². The molecule has 0 saturated carbocycles. The molecular formula is C19H14ClN. The molecule has 0 radical (unpaired) electrons. The van der Waals surface area contributed by atoms with Crippen molar-refractivity contribution in [1.82, 2.24) is 0 Å². The molecule has 2 heteroatoms. The highest BCUT2D eigenvalue weighted by atomic mass is 35.5. The number of hydrogen-bond donors (Lipinski definition) is 0. The van der Waals surface area contributed by atoms with E-state index in [9.17, 15) is 5.26 Å². The second-order valence-corrected chi connectivity index (χ2v) is 5.52. The second-order valence-electron chi connectivity index (χ2n) is 5.08. The van der Waals surface area contributed by atoms with Crippen LogP contribution in [0.1, 0.15) is 17.0 Å². The molecule has 0 aliphatic rings. The molecule has 3 rings (SSSR count). The molecule has 0 heterocycles. The second kappa shape index (κ2) is 5.99. The van der Waals surface area contributed by atoms with Crippen molar-refractivity contribution >= 4 is 22.4 Å². The Morgan fingerprint density at radius 3 is 2.38 bits per heavy atom. The molecule has 21 heavy (non-hydrogen) atoms. The van der Waals surface area contributed by atoms with Gasteiger partial charge in [0, 0.05) is 5.02 Å². The maximum absolute atomic E-state index is 9.58. The van der Waals surface area contributed by atoms with Crippen molar-refractivity contribution in [2.24, 2.45) is 0 Å². The van der Waals surface area contributed by atoms with Gasteiger partial charge in [-0.3, -0.25) is 0 Å². The largest absolute Gasteiger partial charge is 0.198 e. The van der Waals surface area contributed by atoms with Gasteiger partial charge in [0.05, 0.1) is 12.0 Å². The van der Waals surface area contributed by atoms with Crippen LogP contribution in [0.4, 0.5) is 0 Å². The van der Waals surface area contributed by atoms with E-state index in [0.29, 0.717) is 6.42 Å². The lowest BCUT2D eigenvalue weighted by atomic mass is 9.89. The zero-order valence-corrected chi connectivity index (χ0v) is 12.2. The molecule has 0 aliphatic carbocycles. The molecule has 0 bridgehead atoms. The van der Waals surface area contributed by atoms with Gasteiger partial charge in [0.2, 0.25) is 0 Å². The first kappa shape index (κ1) is 13.7. The first-order valence-corrected chi connectivity index (χ1v) is 7.27. The van der Waals surface area contributed by atoms with E-state index in [4.69, 9.17) is 11.6 Å². The number of hydrogen-bond acceptors (Lipinski definition) is 1. The van der Waals surface area contributed by atoms with Gasteiger partial charge in [-0.1, -0.05) is 66.2 Å². The van der Waals surface area contributed by atoms with Crippen LogP contribution in [0.25, 0.3) is 10.8 Å². The molecule has 0 amide bonds. The lowest BCUT2D eigenvalue weighted by molar-refractivity contribution is 0.857. The Bertz CT molecular complexity index is 794. The normalized spacial score (nSPS) is 12.0.